The summed E-state index contributed by atoms with van der Waals surface area (Å²) in [4.78, 5) is 31.5. The van der Waals surface area contributed by atoms with Crippen molar-refractivity contribution in [3.8, 4) is 0 Å². The van der Waals surface area contributed by atoms with E-state index in [1.807, 2.05) is 13.0 Å². The van der Waals surface area contributed by atoms with Crippen LogP contribution in [0.2, 0.25) is 0 Å². The minimum Gasteiger partial charge on any atom is -0.376 e. The van der Waals surface area contributed by atoms with Gasteiger partial charge in [0.1, 0.15) is 6.04 Å². The van der Waals surface area contributed by atoms with Gasteiger partial charge in [-0.25, -0.2) is 0 Å². The molecule has 2 aliphatic carbocycles. The second-order valence-corrected chi connectivity index (χ2v) is 10.7. The highest BCUT2D eigenvalue weighted by atomic mass is 32.1. The van der Waals surface area contributed by atoms with E-state index >= 15 is 0 Å². The third-order valence-electron chi connectivity index (χ3n) is 6.79. The van der Waals surface area contributed by atoms with Gasteiger partial charge in [-0.3, -0.25) is 19.5 Å². The standard InChI is InChI=1S/C25H31F3N4O2S/c1-15-20(12-18(13-29-15)25(26,27)28)30-16(2)22-9-10-23(35-22)32(14-33)21(11-17-5-3-4-6-17)24(34)31-19-7-8-19/h9-10,12-14,16-17,19,21,30H,3-8,11H2,1-2H3,(H,31,34)/t16-,21+/m1/s1. The van der Waals surface area contributed by atoms with Gasteiger partial charge in [-0.1, -0.05) is 25.7 Å². The monoisotopic (exact) mass is 508 g/mol. The zero-order chi connectivity index (χ0) is 25.2. The molecule has 2 N–H and O–H groups in total. The molecule has 10 heteroatoms. The lowest BCUT2D eigenvalue weighted by Gasteiger charge is -2.28. The van der Waals surface area contributed by atoms with E-state index < -0.39 is 17.8 Å². The van der Waals surface area contributed by atoms with Gasteiger partial charge < -0.3 is 10.6 Å². The molecule has 2 fully saturated rings. The highest BCUT2D eigenvalue weighted by molar-refractivity contribution is 7.16. The first-order valence-electron chi connectivity index (χ1n) is 12.1. The first-order valence-corrected chi connectivity index (χ1v) is 12.9. The Morgan fingerprint density at radius 1 is 1.26 bits per heavy atom. The number of rotatable bonds is 10. The zero-order valence-corrected chi connectivity index (χ0v) is 20.7. The number of pyridine rings is 1. The summed E-state index contributed by atoms with van der Waals surface area (Å²) in [7, 11) is 0. The predicted octanol–water partition coefficient (Wildman–Crippen LogP) is 5.83. The Labute approximate surface area is 207 Å². The number of alkyl halides is 3. The zero-order valence-electron chi connectivity index (χ0n) is 19.9. The number of carbonyl (C=O) groups is 2. The number of anilines is 2. The topological polar surface area (TPSA) is 74.3 Å². The van der Waals surface area contributed by atoms with E-state index in [9.17, 15) is 22.8 Å². The Morgan fingerprint density at radius 2 is 1.97 bits per heavy atom. The van der Waals surface area contributed by atoms with Crippen LogP contribution in [0.3, 0.4) is 0 Å². The average molecular weight is 509 g/mol. The number of aromatic nitrogens is 1. The SMILES string of the molecule is Cc1ncc(C(F)(F)F)cc1N[C@H](C)c1ccc(N(C=O)[C@@H](CC2CCCC2)C(=O)NC2CC2)s1. The molecule has 0 radical (unpaired) electrons. The molecule has 0 spiro atoms. The second-order valence-electron chi connectivity index (χ2n) is 9.59. The van der Waals surface area contributed by atoms with Crippen molar-refractivity contribution in [3.05, 3.63) is 40.5 Å². The van der Waals surface area contributed by atoms with Crippen LogP contribution in [0.4, 0.5) is 23.9 Å². The smallest absolute Gasteiger partial charge is 0.376 e. The van der Waals surface area contributed by atoms with Crippen LogP contribution < -0.4 is 15.5 Å². The van der Waals surface area contributed by atoms with Crippen LogP contribution >= 0.6 is 11.3 Å². The number of halogens is 3. The normalized spacial score (nSPS) is 18.2. The largest absolute Gasteiger partial charge is 0.417 e. The summed E-state index contributed by atoms with van der Waals surface area (Å²) in [5.74, 6) is 0.307. The van der Waals surface area contributed by atoms with Crippen molar-refractivity contribution >= 4 is 34.3 Å². The number of thiophene rings is 1. The molecule has 4 rings (SSSR count). The van der Waals surface area contributed by atoms with Crippen molar-refractivity contribution in [2.75, 3.05) is 10.2 Å². The molecule has 2 heterocycles. The van der Waals surface area contributed by atoms with Crippen LogP contribution in [0.25, 0.3) is 0 Å². The molecule has 2 aromatic heterocycles. The summed E-state index contributed by atoms with van der Waals surface area (Å²) in [5.41, 5.74) is -0.0461. The van der Waals surface area contributed by atoms with Crippen LogP contribution in [0.15, 0.2) is 24.4 Å². The molecule has 2 aromatic rings. The van der Waals surface area contributed by atoms with Gasteiger partial charge in [0.2, 0.25) is 12.3 Å². The Balaban J connectivity index is 1.51. The van der Waals surface area contributed by atoms with Crippen LogP contribution in [-0.2, 0) is 15.8 Å². The molecule has 0 unspecified atom stereocenters. The van der Waals surface area contributed by atoms with E-state index in [1.54, 1.807) is 13.0 Å². The molecule has 6 nitrogen and oxygen atoms in total. The molecular formula is C25H31F3N4O2S. The van der Waals surface area contributed by atoms with E-state index in [0.29, 0.717) is 28.7 Å². The molecule has 2 amide bonds. The highest BCUT2D eigenvalue weighted by Crippen LogP contribution is 2.37. The third kappa shape index (κ3) is 6.34. The van der Waals surface area contributed by atoms with Crippen LogP contribution in [0, 0.1) is 12.8 Å². The van der Waals surface area contributed by atoms with E-state index in [1.165, 1.54) is 16.2 Å². The molecule has 190 valence electrons. The molecule has 2 atom stereocenters. The number of hydrogen-bond donors (Lipinski definition) is 2. The van der Waals surface area contributed by atoms with Gasteiger partial charge in [0.15, 0.2) is 0 Å². The molecule has 35 heavy (non-hydrogen) atoms. The summed E-state index contributed by atoms with van der Waals surface area (Å²) in [5, 5.41) is 6.82. The summed E-state index contributed by atoms with van der Waals surface area (Å²) in [6, 6.07) is 4.02. The Hall–Kier alpha value is -2.62. The Bertz CT molecular complexity index is 1050. The van der Waals surface area contributed by atoms with Crippen molar-refractivity contribution in [1.82, 2.24) is 10.3 Å². The summed E-state index contributed by atoms with van der Waals surface area (Å²) < 4.78 is 39.4. The van der Waals surface area contributed by atoms with E-state index in [-0.39, 0.29) is 18.0 Å². The number of amides is 2. The fraction of sp³-hybridized carbons (Fsp3) is 0.560. The quantitative estimate of drug-likeness (QED) is 0.396. The maximum Gasteiger partial charge on any atom is 0.417 e. The van der Waals surface area contributed by atoms with Crippen molar-refractivity contribution in [2.45, 2.75) is 83.1 Å². The number of carbonyl (C=O) groups excluding carboxylic acids is 2. The minimum atomic E-state index is -4.48. The molecule has 0 aromatic carbocycles. The molecular weight excluding hydrogens is 477 g/mol. The van der Waals surface area contributed by atoms with Gasteiger partial charge in [-0.2, -0.15) is 13.2 Å². The first kappa shape index (κ1) is 25.5. The third-order valence-corrected chi connectivity index (χ3v) is 8.07. The minimum absolute atomic E-state index is 0.113. The molecule has 0 aliphatic heterocycles. The second kappa shape index (κ2) is 10.6. The maximum absolute atomic E-state index is 13.1. The maximum atomic E-state index is 13.1. The van der Waals surface area contributed by atoms with Gasteiger partial charge in [0.25, 0.3) is 0 Å². The Morgan fingerprint density at radius 3 is 2.60 bits per heavy atom. The van der Waals surface area contributed by atoms with Crippen molar-refractivity contribution in [1.29, 1.82) is 0 Å². The fourth-order valence-electron chi connectivity index (χ4n) is 4.57. The van der Waals surface area contributed by atoms with Gasteiger partial charge in [0.05, 0.1) is 28.0 Å². The number of aryl methyl sites for hydroxylation is 1. The van der Waals surface area contributed by atoms with Crippen molar-refractivity contribution in [2.24, 2.45) is 5.92 Å². The number of nitrogens with zero attached hydrogens (tertiary/aromatic N) is 2. The molecule has 0 bridgehead atoms. The van der Waals surface area contributed by atoms with Crippen molar-refractivity contribution in [3.63, 3.8) is 0 Å². The van der Waals surface area contributed by atoms with E-state index in [2.05, 4.69) is 15.6 Å². The van der Waals surface area contributed by atoms with Crippen LogP contribution in [0.1, 0.15) is 74.0 Å². The van der Waals surface area contributed by atoms with Crippen LogP contribution in [0.5, 0.6) is 0 Å². The van der Waals surface area contributed by atoms with Gasteiger partial charge in [-0.05, 0) is 57.2 Å². The summed E-state index contributed by atoms with van der Waals surface area (Å²) in [6.45, 7) is 3.49. The lowest BCUT2D eigenvalue weighted by Crippen LogP contribution is -2.48. The fourth-order valence-corrected chi connectivity index (χ4v) is 5.59. The lowest BCUT2D eigenvalue weighted by atomic mass is 9.97. The number of nitrogens with one attached hydrogen (secondary N) is 2. The average Bonchev–Trinajstić information content (AvgIpc) is 3.24. The van der Waals surface area contributed by atoms with Crippen LogP contribution in [-0.4, -0.2) is 29.4 Å². The molecule has 2 saturated carbocycles. The molecule has 0 saturated heterocycles. The van der Waals surface area contributed by atoms with E-state index in [0.717, 1.165) is 62.1 Å². The highest BCUT2D eigenvalue weighted by Gasteiger charge is 2.35. The summed E-state index contributed by atoms with van der Waals surface area (Å²) in [6.07, 6.45) is 4.09. The van der Waals surface area contributed by atoms with Gasteiger partial charge in [-0.15, -0.1) is 11.3 Å². The Kier molecular flexibility index (Phi) is 7.68. The predicted molar refractivity (Wildman–Crippen MR) is 130 cm³/mol. The summed E-state index contributed by atoms with van der Waals surface area (Å²) >= 11 is 1.36. The van der Waals surface area contributed by atoms with Crippen molar-refractivity contribution < 1.29 is 22.8 Å². The first-order chi connectivity index (χ1) is 16.7. The van der Waals surface area contributed by atoms with Gasteiger partial charge >= 0.3 is 6.18 Å². The van der Waals surface area contributed by atoms with Gasteiger partial charge in [0, 0.05) is 17.1 Å². The number of hydrogen-bond acceptors (Lipinski definition) is 5. The van der Waals surface area contributed by atoms with E-state index in [4.69, 9.17) is 0 Å². The lowest BCUT2D eigenvalue weighted by molar-refractivity contribution is -0.137. The molecule has 2 aliphatic rings.